The van der Waals surface area contributed by atoms with Crippen molar-refractivity contribution in [1.29, 1.82) is 0 Å². The molecule has 0 saturated heterocycles. The third kappa shape index (κ3) is 3.85. The summed E-state index contributed by atoms with van der Waals surface area (Å²) in [5.41, 5.74) is 10.2. The highest BCUT2D eigenvalue weighted by molar-refractivity contribution is 5.97. The Morgan fingerprint density at radius 3 is 2.32 bits per heavy atom. The van der Waals surface area contributed by atoms with E-state index >= 15 is 0 Å². The van der Waals surface area contributed by atoms with Crippen LogP contribution in [0.25, 0.3) is 0 Å². The second-order valence-electron chi connectivity index (χ2n) is 4.56. The van der Waals surface area contributed by atoms with Crippen molar-refractivity contribution in [3.05, 3.63) is 23.8 Å². The zero-order valence-corrected chi connectivity index (χ0v) is 10.6. The van der Waals surface area contributed by atoms with E-state index in [1.54, 1.807) is 13.8 Å². The van der Waals surface area contributed by atoms with Gasteiger partial charge in [0, 0.05) is 0 Å². The molecule has 0 heterocycles. The van der Waals surface area contributed by atoms with Gasteiger partial charge in [-0.05, 0) is 24.1 Å². The van der Waals surface area contributed by atoms with Gasteiger partial charge in [0.15, 0.2) is 0 Å². The van der Waals surface area contributed by atoms with E-state index in [-0.39, 0.29) is 17.3 Å². The standard InChI is InChI=1S/C12H16F3N3O/c1-6(2)10(17)11(19)18-9-4-3-7(5-8(9)16)12(13,14)15/h3-6,10H,16-17H2,1-2H3,(H,18,19). The first kappa shape index (κ1) is 15.3. The largest absolute Gasteiger partial charge is 0.416 e. The van der Waals surface area contributed by atoms with E-state index in [0.29, 0.717) is 0 Å². The van der Waals surface area contributed by atoms with Crippen LogP contribution in [0.15, 0.2) is 18.2 Å². The molecule has 0 fully saturated rings. The van der Waals surface area contributed by atoms with E-state index in [1.807, 2.05) is 0 Å². The van der Waals surface area contributed by atoms with Crippen LogP contribution in [-0.2, 0) is 11.0 Å². The number of nitrogens with two attached hydrogens (primary N) is 2. The van der Waals surface area contributed by atoms with Gasteiger partial charge in [0.1, 0.15) is 0 Å². The molecule has 0 radical (unpaired) electrons. The van der Waals surface area contributed by atoms with Crippen LogP contribution in [0.2, 0.25) is 0 Å². The lowest BCUT2D eigenvalue weighted by Gasteiger charge is -2.17. The molecule has 0 saturated carbocycles. The van der Waals surface area contributed by atoms with E-state index in [0.717, 1.165) is 18.2 Å². The molecule has 1 aromatic carbocycles. The first-order chi connectivity index (χ1) is 8.62. The van der Waals surface area contributed by atoms with Gasteiger partial charge >= 0.3 is 6.18 Å². The van der Waals surface area contributed by atoms with Gasteiger partial charge in [-0.1, -0.05) is 13.8 Å². The third-order valence-electron chi connectivity index (χ3n) is 2.66. The Hall–Kier alpha value is -1.76. The average Bonchev–Trinajstić information content (AvgIpc) is 2.29. The molecule has 0 aromatic heterocycles. The van der Waals surface area contributed by atoms with Crippen molar-refractivity contribution in [3.8, 4) is 0 Å². The Morgan fingerprint density at radius 2 is 1.89 bits per heavy atom. The Kier molecular flexibility index (Phi) is 4.41. The summed E-state index contributed by atoms with van der Waals surface area (Å²) in [6.07, 6.45) is -4.47. The Bertz CT molecular complexity index is 472. The van der Waals surface area contributed by atoms with Crippen LogP contribution < -0.4 is 16.8 Å². The molecule has 0 aliphatic heterocycles. The van der Waals surface area contributed by atoms with Crippen LogP contribution in [0.4, 0.5) is 24.5 Å². The molecule has 1 amide bonds. The summed E-state index contributed by atoms with van der Waals surface area (Å²) in [6, 6.07) is 1.99. The molecule has 19 heavy (non-hydrogen) atoms. The number of carbonyl (C=O) groups excluding carboxylic acids is 1. The molecule has 0 aliphatic carbocycles. The monoisotopic (exact) mass is 275 g/mol. The average molecular weight is 275 g/mol. The zero-order valence-electron chi connectivity index (χ0n) is 10.6. The third-order valence-corrected chi connectivity index (χ3v) is 2.66. The number of nitrogens with one attached hydrogen (secondary N) is 1. The lowest BCUT2D eigenvalue weighted by molar-refractivity contribution is -0.137. The van der Waals surface area contributed by atoms with Crippen molar-refractivity contribution in [3.63, 3.8) is 0 Å². The predicted molar refractivity (Wildman–Crippen MR) is 67.3 cm³/mol. The number of benzene rings is 1. The number of alkyl halides is 3. The first-order valence-electron chi connectivity index (χ1n) is 5.66. The second-order valence-corrected chi connectivity index (χ2v) is 4.56. The predicted octanol–water partition coefficient (Wildman–Crippen LogP) is 2.21. The summed E-state index contributed by atoms with van der Waals surface area (Å²) in [6.45, 7) is 3.53. The maximum atomic E-state index is 12.4. The SMILES string of the molecule is CC(C)C(N)C(=O)Nc1ccc(C(F)(F)F)cc1N. The molecule has 7 heteroatoms. The van der Waals surface area contributed by atoms with Gasteiger partial charge in [0.2, 0.25) is 5.91 Å². The van der Waals surface area contributed by atoms with Crippen molar-refractivity contribution >= 4 is 17.3 Å². The van der Waals surface area contributed by atoms with Gasteiger partial charge in [-0.2, -0.15) is 13.2 Å². The van der Waals surface area contributed by atoms with Crippen LogP contribution in [0, 0.1) is 5.92 Å². The van der Waals surface area contributed by atoms with E-state index in [2.05, 4.69) is 5.32 Å². The first-order valence-corrected chi connectivity index (χ1v) is 5.66. The molecule has 5 N–H and O–H groups in total. The van der Waals surface area contributed by atoms with Crippen molar-refractivity contribution < 1.29 is 18.0 Å². The number of rotatable bonds is 3. The highest BCUT2D eigenvalue weighted by Crippen LogP contribution is 2.32. The van der Waals surface area contributed by atoms with Crippen LogP contribution in [-0.4, -0.2) is 11.9 Å². The number of halogens is 3. The minimum absolute atomic E-state index is 0.0873. The number of nitrogen functional groups attached to an aromatic ring is 1. The van der Waals surface area contributed by atoms with Gasteiger partial charge in [-0.15, -0.1) is 0 Å². The topological polar surface area (TPSA) is 81.1 Å². The minimum atomic E-state index is -4.47. The quantitative estimate of drug-likeness (QED) is 0.740. The maximum absolute atomic E-state index is 12.4. The van der Waals surface area contributed by atoms with Gasteiger partial charge in [-0.3, -0.25) is 4.79 Å². The van der Waals surface area contributed by atoms with Gasteiger partial charge < -0.3 is 16.8 Å². The smallest absolute Gasteiger partial charge is 0.397 e. The number of hydrogen-bond acceptors (Lipinski definition) is 3. The number of carbonyl (C=O) groups is 1. The molecule has 0 aliphatic rings. The van der Waals surface area contributed by atoms with E-state index in [4.69, 9.17) is 11.5 Å². The number of hydrogen-bond donors (Lipinski definition) is 3. The molecule has 106 valence electrons. The number of anilines is 2. The normalized spacial score (nSPS) is 13.4. The van der Waals surface area contributed by atoms with Crippen molar-refractivity contribution in [2.24, 2.45) is 11.7 Å². The van der Waals surface area contributed by atoms with E-state index < -0.39 is 23.7 Å². The van der Waals surface area contributed by atoms with Crippen LogP contribution in [0.1, 0.15) is 19.4 Å². The molecule has 1 atom stereocenters. The molecule has 1 unspecified atom stereocenters. The molecule has 0 bridgehead atoms. The second kappa shape index (κ2) is 5.48. The van der Waals surface area contributed by atoms with Gasteiger partial charge in [-0.25, -0.2) is 0 Å². The fourth-order valence-corrected chi connectivity index (χ4v) is 1.37. The van der Waals surface area contributed by atoms with Crippen LogP contribution in [0.5, 0.6) is 0 Å². The van der Waals surface area contributed by atoms with Gasteiger partial charge in [0.25, 0.3) is 0 Å². The molecule has 1 rings (SSSR count). The van der Waals surface area contributed by atoms with E-state index in [1.165, 1.54) is 0 Å². The van der Waals surface area contributed by atoms with Crippen molar-refractivity contribution in [1.82, 2.24) is 0 Å². The fraction of sp³-hybridized carbons (Fsp3) is 0.417. The fourth-order valence-electron chi connectivity index (χ4n) is 1.37. The zero-order chi connectivity index (χ0) is 14.8. The molecule has 0 spiro atoms. The lowest BCUT2D eigenvalue weighted by atomic mass is 10.0. The summed E-state index contributed by atoms with van der Waals surface area (Å²) in [4.78, 5) is 11.7. The molecular weight excluding hydrogens is 259 g/mol. The lowest BCUT2D eigenvalue weighted by Crippen LogP contribution is -2.39. The van der Waals surface area contributed by atoms with Crippen LogP contribution in [0.3, 0.4) is 0 Å². The molecular formula is C12H16F3N3O. The molecule has 4 nitrogen and oxygen atoms in total. The summed E-state index contributed by atoms with van der Waals surface area (Å²) in [7, 11) is 0. The van der Waals surface area contributed by atoms with Crippen molar-refractivity contribution in [2.75, 3.05) is 11.1 Å². The Morgan fingerprint density at radius 1 is 1.32 bits per heavy atom. The highest BCUT2D eigenvalue weighted by atomic mass is 19.4. The number of amides is 1. The van der Waals surface area contributed by atoms with Crippen LogP contribution >= 0.6 is 0 Å². The van der Waals surface area contributed by atoms with E-state index in [9.17, 15) is 18.0 Å². The summed E-state index contributed by atoms with van der Waals surface area (Å²) in [5, 5.41) is 2.41. The Balaban J connectivity index is 2.90. The van der Waals surface area contributed by atoms with Crippen molar-refractivity contribution in [2.45, 2.75) is 26.1 Å². The van der Waals surface area contributed by atoms with Gasteiger partial charge in [0.05, 0.1) is 23.0 Å². The highest BCUT2D eigenvalue weighted by Gasteiger charge is 2.31. The maximum Gasteiger partial charge on any atom is 0.416 e. The summed E-state index contributed by atoms with van der Waals surface area (Å²) >= 11 is 0. The summed E-state index contributed by atoms with van der Waals surface area (Å²) in [5.74, 6) is -0.572. The molecule has 1 aromatic rings. The minimum Gasteiger partial charge on any atom is -0.397 e. The Labute approximate surface area is 109 Å². The summed E-state index contributed by atoms with van der Waals surface area (Å²) < 4.78 is 37.3.